The SMILES string of the molecule is Cc1ccc([C@H](O)c2ccc3ccccc3c2)o1. The zero-order chi connectivity index (χ0) is 12.5. The van der Waals surface area contributed by atoms with Crippen LogP contribution in [0.5, 0.6) is 0 Å². The molecule has 0 amide bonds. The molecule has 2 nitrogen and oxygen atoms in total. The molecule has 2 heteroatoms. The van der Waals surface area contributed by atoms with Crippen molar-refractivity contribution in [3.05, 3.63) is 71.7 Å². The van der Waals surface area contributed by atoms with Crippen LogP contribution in [0.2, 0.25) is 0 Å². The fourth-order valence-electron chi connectivity index (χ4n) is 2.14. The lowest BCUT2D eigenvalue weighted by atomic mass is 10.0. The first-order chi connectivity index (χ1) is 8.74. The molecule has 1 aromatic heterocycles. The Balaban J connectivity index is 2.03. The molecule has 3 aromatic rings. The predicted molar refractivity (Wildman–Crippen MR) is 71.5 cm³/mol. The Labute approximate surface area is 105 Å². The van der Waals surface area contributed by atoms with Crippen LogP contribution >= 0.6 is 0 Å². The van der Waals surface area contributed by atoms with Crippen LogP contribution in [0.3, 0.4) is 0 Å². The molecule has 0 radical (unpaired) electrons. The van der Waals surface area contributed by atoms with E-state index in [1.807, 2.05) is 55.5 Å². The third-order valence-corrected chi connectivity index (χ3v) is 3.12. The fourth-order valence-corrected chi connectivity index (χ4v) is 2.14. The number of rotatable bonds is 2. The van der Waals surface area contributed by atoms with Gasteiger partial charge in [-0.2, -0.15) is 0 Å². The van der Waals surface area contributed by atoms with Crippen molar-refractivity contribution in [2.45, 2.75) is 13.0 Å². The maximum Gasteiger partial charge on any atom is 0.137 e. The van der Waals surface area contributed by atoms with Crippen molar-refractivity contribution in [3.8, 4) is 0 Å². The summed E-state index contributed by atoms with van der Waals surface area (Å²) in [4.78, 5) is 0. The van der Waals surface area contributed by atoms with Gasteiger partial charge in [-0.1, -0.05) is 36.4 Å². The predicted octanol–water partition coefficient (Wildman–Crippen LogP) is 3.82. The lowest BCUT2D eigenvalue weighted by Gasteiger charge is -2.09. The van der Waals surface area contributed by atoms with Gasteiger partial charge in [0, 0.05) is 0 Å². The van der Waals surface area contributed by atoms with Gasteiger partial charge in [-0.25, -0.2) is 0 Å². The molecule has 2 aromatic carbocycles. The number of fused-ring (bicyclic) bond motifs is 1. The molecule has 0 bridgehead atoms. The van der Waals surface area contributed by atoms with Gasteiger partial charge in [0.15, 0.2) is 0 Å². The summed E-state index contributed by atoms with van der Waals surface area (Å²) in [6.07, 6.45) is -0.705. The molecule has 1 heterocycles. The van der Waals surface area contributed by atoms with Gasteiger partial charge in [0.25, 0.3) is 0 Å². The van der Waals surface area contributed by atoms with Crippen molar-refractivity contribution < 1.29 is 9.52 Å². The van der Waals surface area contributed by atoms with Crippen molar-refractivity contribution in [2.24, 2.45) is 0 Å². The maximum absolute atomic E-state index is 10.3. The van der Waals surface area contributed by atoms with Gasteiger partial charge in [0.1, 0.15) is 17.6 Å². The topological polar surface area (TPSA) is 33.4 Å². The molecule has 1 atom stereocenters. The number of hydrogen-bond donors (Lipinski definition) is 1. The Kier molecular flexibility index (Phi) is 2.65. The maximum atomic E-state index is 10.3. The zero-order valence-electron chi connectivity index (χ0n) is 10.1. The minimum absolute atomic E-state index is 0.586. The lowest BCUT2D eigenvalue weighted by Crippen LogP contribution is -1.97. The number of aliphatic hydroxyl groups is 1. The smallest absolute Gasteiger partial charge is 0.137 e. The second-order valence-corrected chi connectivity index (χ2v) is 4.46. The molecule has 90 valence electrons. The summed E-state index contributed by atoms with van der Waals surface area (Å²) in [5.74, 6) is 1.40. The van der Waals surface area contributed by atoms with E-state index in [9.17, 15) is 5.11 Å². The first kappa shape index (κ1) is 11.1. The van der Waals surface area contributed by atoms with E-state index >= 15 is 0 Å². The standard InChI is InChI=1S/C16H14O2/c1-11-6-9-15(18-11)16(17)14-8-7-12-4-2-3-5-13(12)10-14/h2-10,16-17H,1H3/t16-/m1/s1. The number of hydrogen-bond acceptors (Lipinski definition) is 2. The van der Waals surface area contributed by atoms with Crippen LogP contribution in [0.4, 0.5) is 0 Å². The molecule has 0 aliphatic rings. The Hall–Kier alpha value is -2.06. The number of benzene rings is 2. The molecule has 0 fully saturated rings. The van der Waals surface area contributed by atoms with E-state index in [1.165, 1.54) is 5.39 Å². The van der Waals surface area contributed by atoms with Crippen molar-refractivity contribution >= 4 is 10.8 Å². The molecule has 0 saturated heterocycles. The van der Waals surface area contributed by atoms with Gasteiger partial charge >= 0.3 is 0 Å². The average Bonchev–Trinajstić information content (AvgIpc) is 2.84. The third-order valence-electron chi connectivity index (χ3n) is 3.12. The first-order valence-corrected chi connectivity index (χ1v) is 5.97. The normalized spacial score (nSPS) is 12.8. The zero-order valence-corrected chi connectivity index (χ0v) is 10.1. The van der Waals surface area contributed by atoms with Gasteiger partial charge in [-0.05, 0) is 41.5 Å². The molecular formula is C16H14O2. The number of furan rings is 1. The van der Waals surface area contributed by atoms with Gasteiger partial charge < -0.3 is 9.52 Å². The van der Waals surface area contributed by atoms with Gasteiger partial charge in [-0.15, -0.1) is 0 Å². The number of aliphatic hydroxyl groups excluding tert-OH is 1. The molecule has 0 unspecified atom stereocenters. The minimum Gasteiger partial charge on any atom is -0.463 e. The van der Waals surface area contributed by atoms with Crippen LogP contribution in [0.25, 0.3) is 10.8 Å². The highest BCUT2D eigenvalue weighted by molar-refractivity contribution is 5.83. The van der Waals surface area contributed by atoms with Gasteiger partial charge in [0.2, 0.25) is 0 Å². The monoisotopic (exact) mass is 238 g/mol. The summed E-state index contributed by atoms with van der Waals surface area (Å²) >= 11 is 0. The Morgan fingerprint density at radius 2 is 1.72 bits per heavy atom. The first-order valence-electron chi connectivity index (χ1n) is 5.97. The van der Waals surface area contributed by atoms with Gasteiger partial charge in [-0.3, -0.25) is 0 Å². The summed E-state index contributed by atoms with van der Waals surface area (Å²) in [5, 5.41) is 12.6. The Bertz CT molecular complexity index is 682. The highest BCUT2D eigenvalue weighted by atomic mass is 16.4. The summed E-state index contributed by atoms with van der Waals surface area (Å²) < 4.78 is 5.46. The van der Waals surface area contributed by atoms with E-state index < -0.39 is 6.10 Å². The lowest BCUT2D eigenvalue weighted by molar-refractivity contribution is 0.188. The van der Waals surface area contributed by atoms with Gasteiger partial charge in [0.05, 0.1) is 0 Å². The van der Waals surface area contributed by atoms with Crippen LogP contribution in [0, 0.1) is 6.92 Å². The molecule has 18 heavy (non-hydrogen) atoms. The van der Waals surface area contributed by atoms with E-state index in [0.29, 0.717) is 5.76 Å². The van der Waals surface area contributed by atoms with E-state index in [2.05, 4.69) is 6.07 Å². The van der Waals surface area contributed by atoms with Crippen LogP contribution < -0.4 is 0 Å². The van der Waals surface area contributed by atoms with Crippen molar-refractivity contribution in [3.63, 3.8) is 0 Å². The van der Waals surface area contributed by atoms with Crippen molar-refractivity contribution in [1.82, 2.24) is 0 Å². The number of aryl methyl sites for hydroxylation is 1. The second-order valence-electron chi connectivity index (χ2n) is 4.46. The quantitative estimate of drug-likeness (QED) is 0.736. The van der Waals surface area contributed by atoms with E-state index in [0.717, 1.165) is 16.7 Å². The summed E-state index contributed by atoms with van der Waals surface area (Å²) in [7, 11) is 0. The second kappa shape index (κ2) is 4.31. The van der Waals surface area contributed by atoms with Crippen LogP contribution in [0.1, 0.15) is 23.2 Å². The molecule has 1 N–H and O–H groups in total. The van der Waals surface area contributed by atoms with Crippen LogP contribution in [-0.2, 0) is 0 Å². The van der Waals surface area contributed by atoms with E-state index in [1.54, 1.807) is 0 Å². The molecule has 0 aliphatic heterocycles. The highest BCUT2D eigenvalue weighted by Crippen LogP contribution is 2.26. The van der Waals surface area contributed by atoms with Crippen LogP contribution in [0.15, 0.2) is 59.0 Å². The highest BCUT2D eigenvalue weighted by Gasteiger charge is 2.14. The molecule has 0 saturated carbocycles. The fraction of sp³-hybridized carbons (Fsp3) is 0.125. The third kappa shape index (κ3) is 1.91. The van der Waals surface area contributed by atoms with E-state index in [-0.39, 0.29) is 0 Å². The Morgan fingerprint density at radius 1 is 0.944 bits per heavy atom. The Morgan fingerprint density at radius 3 is 2.44 bits per heavy atom. The molecule has 0 aliphatic carbocycles. The van der Waals surface area contributed by atoms with Crippen molar-refractivity contribution in [2.75, 3.05) is 0 Å². The molecule has 3 rings (SSSR count). The largest absolute Gasteiger partial charge is 0.463 e. The average molecular weight is 238 g/mol. The summed E-state index contributed by atoms with van der Waals surface area (Å²) in [6, 6.07) is 17.7. The van der Waals surface area contributed by atoms with Crippen LogP contribution in [-0.4, -0.2) is 5.11 Å². The van der Waals surface area contributed by atoms with E-state index in [4.69, 9.17) is 4.42 Å². The van der Waals surface area contributed by atoms with Crippen molar-refractivity contribution in [1.29, 1.82) is 0 Å². The summed E-state index contributed by atoms with van der Waals surface area (Å²) in [6.45, 7) is 1.87. The summed E-state index contributed by atoms with van der Waals surface area (Å²) in [5.41, 5.74) is 0.850. The molecular weight excluding hydrogens is 224 g/mol. The minimum atomic E-state index is -0.705. The molecule has 0 spiro atoms.